The van der Waals surface area contributed by atoms with Crippen LogP contribution in [-0.2, 0) is 4.74 Å². The van der Waals surface area contributed by atoms with E-state index >= 15 is 0 Å². The second-order valence-corrected chi connectivity index (χ2v) is 3.80. The van der Waals surface area contributed by atoms with Gasteiger partial charge in [-0.1, -0.05) is 0 Å². The van der Waals surface area contributed by atoms with Crippen molar-refractivity contribution in [1.29, 1.82) is 5.26 Å². The smallest absolute Gasteiger partial charge is 0.465 e. The molecule has 0 aromatic heterocycles. The van der Waals surface area contributed by atoms with Crippen LogP contribution in [0, 0.1) is 11.3 Å². The van der Waals surface area contributed by atoms with Crippen molar-refractivity contribution in [2.45, 2.75) is 6.36 Å². The van der Waals surface area contributed by atoms with Crippen molar-refractivity contribution in [1.82, 2.24) is 0 Å². The average molecular weight is 324 g/mol. The van der Waals surface area contributed by atoms with E-state index in [0.717, 1.165) is 13.2 Å². The third-order valence-corrected chi connectivity index (χ3v) is 2.50. The first kappa shape index (κ1) is 14.3. The third-order valence-electron chi connectivity index (χ3n) is 1.84. The molecule has 0 heterocycles. The predicted molar refractivity (Wildman–Crippen MR) is 56.9 cm³/mol. The molecule has 0 amide bonds. The summed E-state index contributed by atoms with van der Waals surface area (Å²) in [5.41, 5.74) is -0.912. The van der Waals surface area contributed by atoms with Crippen LogP contribution in [0.5, 0.6) is 5.75 Å². The Morgan fingerprint density at radius 3 is 2.50 bits per heavy atom. The minimum Gasteiger partial charge on any atom is -0.465 e. The summed E-state index contributed by atoms with van der Waals surface area (Å²) in [6.07, 6.45) is -5.02. The van der Waals surface area contributed by atoms with Crippen LogP contribution < -0.4 is 4.74 Å². The molecule has 0 aliphatic heterocycles. The van der Waals surface area contributed by atoms with Gasteiger partial charge in [-0.25, -0.2) is 4.79 Å². The second-order valence-electron chi connectivity index (χ2n) is 2.95. The Morgan fingerprint density at radius 1 is 1.44 bits per heavy atom. The summed E-state index contributed by atoms with van der Waals surface area (Å²) in [4.78, 5) is 11.3. The molecular weight excluding hydrogens is 319 g/mol. The Morgan fingerprint density at radius 2 is 2.06 bits per heavy atom. The molecule has 0 aliphatic carbocycles. The zero-order valence-corrected chi connectivity index (χ0v) is 10.4. The first-order valence-electron chi connectivity index (χ1n) is 4.36. The Hall–Kier alpha value is -1.75. The van der Waals surface area contributed by atoms with Crippen molar-refractivity contribution >= 4 is 21.9 Å². The van der Waals surface area contributed by atoms with Gasteiger partial charge in [-0.3, -0.25) is 0 Å². The number of hydrogen-bond donors (Lipinski definition) is 0. The highest BCUT2D eigenvalue weighted by molar-refractivity contribution is 9.10. The maximum atomic E-state index is 12.2. The zero-order valence-electron chi connectivity index (χ0n) is 8.84. The van der Waals surface area contributed by atoms with Crippen molar-refractivity contribution in [3.8, 4) is 11.8 Å². The lowest BCUT2D eigenvalue weighted by Crippen LogP contribution is -2.20. The molecule has 8 heteroatoms. The molecule has 1 aromatic carbocycles. The first-order chi connectivity index (χ1) is 8.30. The number of carbonyl (C=O) groups is 1. The van der Waals surface area contributed by atoms with E-state index in [-0.39, 0.29) is 4.47 Å². The van der Waals surface area contributed by atoms with Crippen molar-refractivity contribution in [2.75, 3.05) is 7.11 Å². The minimum atomic E-state index is -5.02. The molecular formula is C10H5BrF3NO3. The number of nitrogens with zero attached hydrogens (tertiary/aromatic N) is 1. The number of halogens is 4. The van der Waals surface area contributed by atoms with Crippen molar-refractivity contribution in [2.24, 2.45) is 0 Å². The number of carbonyl (C=O) groups excluding carboxylic acids is 1. The molecule has 0 aliphatic rings. The van der Waals surface area contributed by atoms with Crippen molar-refractivity contribution < 1.29 is 27.4 Å². The van der Waals surface area contributed by atoms with Gasteiger partial charge in [0, 0.05) is 4.47 Å². The van der Waals surface area contributed by atoms with E-state index in [0.29, 0.717) is 0 Å². The fourth-order valence-corrected chi connectivity index (χ4v) is 1.56. The lowest BCUT2D eigenvalue weighted by molar-refractivity contribution is -0.274. The van der Waals surface area contributed by atoms with Gasteiger partial charge < -0.3 is 9.47 Å². The topological polar surface area (TPSA) is 59.3 Å². The molecule has 4 nitrogen and oxygen atoms in total. The van der Waals surface area contributed by atoms with Gasteiger partial charge in [0.2, 0.25) is 0 Å². The molecule has 0 radical (unpaired) electrons. The number of benzene rings is 1. The van der Waals surface area contributed by atoms with Crippen LogP contribution in [0.15, 0.2) is 16.6 Å². The van der Waals surface area contributed by atoms with E-state index in [1.165, 1.54) is 12.1 Å². The van der Waals surface area contributed by atoms with E-state index < -0.39 is 29.2 Å². The van der Waals surface area contributed by atoms with E-state index in [1.54, 1.807) is 0 Å². The molecule has 0 saturated carbocycles. The van der Waals surface area contributed by atoms with Gasteiger partial charge in [0.15, 0.2) is 5.75 Å². The molecule has 0 atom stereocenters. The molecule has 1 rings (SSSR count). The maximum Gasteiger partial charge on any atom is 0.573 e. The van der Waals surface area contributed by atoms with Gasteiger partial charge in [0.05, 0.1) is 7.11 Å². The number of methoxy groups -OCH3 is 1. The molecule has 1 aromatic rings. The highest BCUT2D eigenvalue weighted by Crippen LogP contribution is 2.34. The van der Waals surface area contributed by atoms with Crippen LogP contribution in [0.25, 0.3) is 0 Å². The average Bonchev–Trinajstić information content (AvgIpc) is 2.26. The highest BCUT2D eigenvalue weighted by atomic mass is 79.9. The summed E-state index contributed by atoms with van der Waals surface area (Å²) in [6, 6.07) is 3.85. The Kier molecular flexibility index (Phi) is 4.19. The second kappa shape index (κ2) is 5.27. The lowest BCUT2D eigenvalue weighted by atomic mass is 10.1. The molecule has 0 fully saturated rings. The standard InChI is InChI=1S/C10H5BrF3NO3/c1-17-9(16)5-2-3-7(11)6(4-15)8(5)18-10(12,13)14/h2-3H,1H3. The van der Waals surface area contributed by atoms with Gasteiger partial charge in [-0.05, 0) is 28.1 Å². The Balaban J connectivity index is 3.45. The molecule has 96 valence electrons. The SMILES string of the molecule is COC(=O)c1ccc(Br)c(C#N)c1OC(F)(F)F. The monoisotopic (exact) mass is 323 g/mol. The number of rotatable bonds is 2. The largest absolute Gasteiger partial charge is 0.573 e. The fraction of sp³-hybridized carbons (Fsp3) is 0.200. The molecule has 0 N–H and O–H groups in total. The summed E-state index contributed by atoms with van der Waals surface area (Å²) in [7, 11) is 1.01. The molecule has 0 saturated heterocycles. The highest BCUT2D eigenvalue weighted by Gasteiger charge is 2.35. The number of esters is 1. The number of nitriles is 1. The Labute approximate surface area is 108 Å². The number of hydrogen-bond acceptors (Lipinski definition) is 4. The lowest BCUT2D eigenvalue weighted by Gasteiger charge is -2.14. The fourth-order valence-electron chi connectivity index (χ4n) is 1.16. The third kappa shape index (κ3) is 3.13. The van der Waals surface area contributed by atoms with Gasteiger partial charge in [0.1, 0.15) is 17.2 Å². The van der Waals surface area contributed by atoms with E-state index in [9.17, 15) is 18.0 Å². The normalized spacial score (nSPS) is 10.7. The van der Waals surface area contributed by atoms with Crippen LogP contribution in [0.2, 0.25) is 0 Å². The van der Waals surface area contributed by atoms with Crippen molar-refractivity contribution in [3.63, 3.8) is 0 Å². The quantitative estimate of drug-likeness (QED) is 0.785. The molecule has 0 unspecified atom stereocenters. The molecule has 0 bridgehead atoms. The van der Waals surface area contributed by atoms with E-state index in [1.807, 2.05) is 0 Å². The zero-order chi connectivity index (χ0) is 13.9. The van der Waals surface area contributed by atoms with Gasteiger partial charge in [-0.2, -0.15) is 5.26 Å². The first-order valence-corrected chi connectivity index (χ1v) is 5.16. The summed E-state index contributed by atoms with van der Waals surface area (Å²) >= 11 is 2.90. The number of alkyl halides is 3. The van der Waals surface area contributed by atoms with Crippen LogP contribution in [-0.4, -0.2) is 19.4 Å². The van der Waals surface area contributed by atoms with E-state index in [2.05, 4.69) is 25.4 Å². The van der Waals surface area contributed by atoms with Gasteiger partial charge in [-0.15, -0.1) is 13.2 Å². The summed E-state index contributed by atoms with van der Waals surface area (Å²) in [5, 5.41) is 8.80. The van der Waals surface area contributed by atoms with Crippen LogP contribution in [0.4, 0.5) is 13.2 Å². The Bertz CT molecular complexity index is 522. The number of ether oxygens (including phenoxy) is 2. The predicted octanol–water partition coefficient (Wildman–Crippen LogP) is 3.01. The molecule has 0 spiro atoms. The summed E-state index contributed by atoms with van der Waals surface area (Å²) < 4.78 is 44.8. The summed E-state index contributed by atoms with van der Waals surface area (Å²) in [6.45, 7) is 0. The van der Waals surface area contributed by atoms with Crippen LogP contribution >= 0.6 is 15.9 Å². The minimum absolute atomic E-state index is 0.0805. The van der Waals surface area contributed by atoms with E-state index in [4.69, 9.17) is 5.26 Å². The van der Waals surface area contributed by atoms with Gasteiger partial charge in [0.25, 0.3) is 0 Å². The van der Waals surface area contributed by atoms with Crippen LogP contribution in [0.1, 0.15) is 15.9 Å². The molecule has 18 heavy (non-hydrogen) atoms. The van der Waals surface area contributed by atoms with Crippen LogP contribution in [0.3, 0.4) is 0 Å². The summed E-state index contributed by atoms with van der Waals surface area (Å²) in [5.74, 6) is -1.91. The maximum absolute atomic E-state index is 12.2. The van der Waals surface area contributed by atoms with Crippen molar-refractivity contribution in [3.05, 3.63) is 27.7 Å². The van der Waals surface area contributed by atoms with Gasteiger partial charge >= 0.3 is 12.3 Å².